The molecule has 1 atom stereocenters. The van der Waals surface area contributed by atoms with Crippen LogP contribution in [0.3, 0.4) is 0 Å². The fraction of sp³-hybridized carbons (Fsp3) is 0.455. The number of benzene rings is 2. The van der Waals surface area contributed by atoms with Crippen molar-refractivity contribution in [2.75, 3.05) is 36.5 Å². The molecule has 1 unspecified atom stereocenters. The van der Waals surface area contributed by atoms with Gasteiger partial charge in [0.15, 0.2) is 0 Å². The maximum absolute atomic E-state index is 5.50. The van der Waals surface area contributed by atoms with Gasteiger partial charge >= 0.3 is 0 Å². The molecule has 1 saturated heterocycles. The summed E-state index contributed by atoms with van der Waals surface area (Å²) in [6.45, 7) is 10.6. The molecule has 0 amide bonds. The van der Waals surface area contributed by atoms with Gasteiger partial charge in [-0.15, -0.1) is 0 Å². The molecule has 0 aromatic heterocycles. The summed E-state index contributed by atoms with van der Waals surface area (Å²) in [6, 6.07) is 16.0. The molecule has 2 aromatic carbocycles. The molecule has 2 aliphatic heterocycles. The second-order valence-corrected chi connectivity index (χ2v) is 7.97. The van der Waals surface area contributed by atoms with E-state index in [4.69, 9.17) is 4.74 Å². The maximum Gasteiger partial charge on any atom is 0.0642 e. The zero-order chi connectivity index (χ0) is 17.4. The van der Waals surface area contributed by atoms with Gasteiger partial charge in [0.1, 0.15) is 0 Å². The second-order valence-electron chi connectivity index (χ2n) is 7.97. The van der Waals surface area contributed by atoms with E-state index in [0.29, 0.717) is 6.04 Å². The van der Waals surface area contributed by atoms with Gasteiger partial charge in [-0.2, -0.15) is 0 Å². The lowest BCUT2D eigenvalue weighted by Gasteiger charge is -2.39. The molecule has 4 rings (SSSR count). The molecule has 2 aliphatic rings. The smallest absolute Gasteiger partial charge is 0.0642 e. The van der Waals surface area contributed by atoms with E-state index in [0.717, 1.165) is 32.7 Å². The molecule has 0 saturated carbocycles. The minimum atomic E-state index is 0.175. The molecule has 0 spiro atoms. The molecule has 0 aliphatic carbocycles. The Kier molecular flexibility index (Phi) is 4.20. The van der Waals surface area contributed by atoms with Crippen LogP contribution in [0.25, 0.3) is 0 Å². The Bertz CT molecular complexity index is 762. The number of rotatable bonds is 2. The van der Waals surface area contributed by atoms with Gasteiger partial charge in [0.25, 0.3) is 0 Å². The van der Waals surface area contributed by atoms with Crippen LogP contribution in [0.2, 0.25) is 0 Å². The van der Waals surface area contributed by atoms with Crippen molar-refractivity contribution in [2.45, 2.75) is 38.6 Å². The van der Waals surface area contributed by atoms with Gasteiger partial charge in [-0.25, -0.2) is 0 Å². The van der Waals surface area contributed by atoms with Crippen LogP contribution in [0.4, 0.5) is 11.4 Å². The molecule has 2 aromatic rings. The van der Waals surface area contributed by atoms with Gasteiger partial charge in [0, 0.05) is 24.5 Å². The number of morpholine rings is 1. The molecule has 25 heavy (non-hydrogen) atoms. The van der Waals surface area contributed by atoms with E-state index < -0.39 is 0 Å². The zero-order valence-corrected chi connectivity index (χ0v) is 15.5. The minimum absolute atomic E-state index is 0.175. The number of aryl methyl sites for hydroxylation is 1. The van der Waals surface area contributed by atoms with Crippen molar-refractivity contribution in [3.05, 3.63) is 59.2 Å². The number of para-hydroxylation sites is 1. The predicted octanol–water partition coefficient (Wildman–Crippen LogP) is 4.67. The number of hydrogen-bond donors (Lipinski definition) is 1. The SMILES string of the molecule is Cc1ccc(N2CCOCC2)cc1C1CC(C)(C)c2ccccc2N1. The topological polar surface area (TPSA) is 24.5 Å². The van der Waals surface area contributed by atoms with Crippen LogP contribution in [0, 0.1) is 6.92 Å². The molecular formula is C22H28N2O. The van der Waals surface area contributed by atoms with Crippen molar-refractivity contribution in [1.82, 2.24) is 0 Å². The Labute approximate surface area is 151 Å². The largest absolute Gasteiger partial charge is 0.378 e. The molecular weight excluding hydrogens is 308 g/mol. The Morgan fingerprint density at radius 3 is 2.64 bits per heavy atom. The van der Waals surface area contributed by atoms with Gasteiger partial charge < -0.3 is 15.0 Å². The number of nitrogens with one attached hydrogen (secondary N) is 1. The lowest BCUT2D eigenvalue weighted by atomic mass is 9.73. The zero-order valence-electron chi connectivity index (χ0n) is 15.5. The lowest BCUT2D eigenvalue weighted by molar-refractivity contribution is 0.122. The molecule has 0 radical (unpaired) electrons. The molecule has 0 bridgehead atoms. The highest BCUT2D eigenvalue weighted by atomic mass is 16.5. The summed E-state index contributed by atoms with van der Waals surface area (Å²) in [6.07, 6.45) is 1.11. The Morgan fingerprint density at radius 2 is 1.84 bits per heavy atom. The van der Waals surface area contributed by atoms with E-state index >= 15 is 0 Å². The highest BCUT2D eigenvalue weighted by molar-refractivity contribution is 5.60. The highest BCUT2D eigenvalue weighted by Crippen LogP contribution is 2.44. The van der Waals surface area contributed by atoms with E-state index in [2.05, 4.69) is 73.5 Å². The standard InChI is InChI=1S/C22H28N2O/c1-16-8-9-17(24-10-12-25-13-11-24)14-18(16)21-15-22(2,3)19-6-4-5-7-20(19)23-21/h4-9,14,21,23H,10-13,15H2,1-3H3. The van der Waals surface area contributed by atoms with E-state index in [1.165, 1.54) is 28.1 Å². The van der Waals surface area contributed by atoms with Crippen LogP contribution >= 0.6 is 0 Å². The Morgan fingerprint density at radius 1 is 1.08 bits per heavy atom. The quantitative estimate of drug-likeness (QED) is 0.863. The fourth-order valence-electron chi connectivity index (χ4n) is 4.27. The summed E-state index contributed by atoms with van der Waals surface area (Å²) in [7, 11) is 0. The number of ether oxygens (including phenoxy) is 1. The van der Waals surface area contributed by atoms with Crippen molar-refractivity contribution in [3.8, 4) is 0 Å². The van der Waals surface area contributed by atoms with Gasteiger partial charge in [-0.3, -0.25) is 0 Å². The van der Waals surface area contributed by atoms with E-state index in [9.17, 15) is 0 Å². The number of fused-ring (bicyclic) bond motifs is 1. The summed E-state index contributed by atoms with van der Waals surface area (Å²) >= 11 is 0. The maximum atomic E-state index is 5.50. The molecule has 3 nitrogen and oxygen atoms in total. The predicted molar refractivity (Wildman–Crippen MR) is 105 cm³/mol. The third-order valence-corrected chi connectivity index (χ3v) is 5.71. The number of nitrogens with zero attached hydrogens (tertiary/aromatic N) is 1. The molecule has 2 heterocycles. The highest BCUT2D eigenvalue weighted by Gasteiger charge is 2.33. The molecule has 132 valence electrons. The monoisotopic (exact) mass is 336 g/mol. The van der Waals surface area contributed by atoms with Crippen molar-refractivity contribution < 1.29 is 4.74 Å². The van der Waals surface area contributed by atoms with Crippen LogP contribution in [0.5, 0.6) is 0 Å². The second kappa shape index (κ2) is 6.38. The van der Waals surface area contributed by atoms with Crippen LogP contribution in [-0.2, 0) is 10.2 Å². The van der Waals surface area contributed by atoms with Gasteiger partial charge in [0.2, 0.25) is 0 Å². The van der Waals surface area contributed by atoms with E-state index in [1.807, 2.05) is 0 Å². The van der Waals surface area contributed by atoms with Crippen molar-refractivity contribution in [1.29, 1.82) is 0 Å². The minimum Gasteiger partial charge on any atom is -0.378 e. The summed E-state index contributed by atoms with van der Waals surface area (Å²) in [5.41, 5.74) is 6.99. The number of hydrogen-bond acceptors (Lipinski definition) is 3. The Hall–Kier alpha value is -2.00. The van der Waals surface area contributed by atoms with Crippen LogP contribution in [-0.4, -0.2) is 26.3 Å². The van der Waals surface area contributed by atoms with E-state index in [1.54, 1.807) is 0 Å². The molecule has 1 fully saturated rings. The van der Waals surface area contributed by atoms with Crippen molar-refractivity contribution in [2.24, 2.45) is 0 Å². The number of anilines is 2. The first-order valence-electron chi connectivity index (χ1n) is 9.34. The van der Waals surface area contributed by atoms with Crippen molar-refractivity contribution >= 4 is 11.4 Å². The average Bonchev–Trinajstić information content (AvgIpc) is 2.62. The first-order valence-corrected chi connectivity index (χ1v) is 9.34. The lowest BCUT2D eigenvalue weighted by Crippen LogP contribution is -2.36. The molecule has 3 heteroatoms. The van der Waals surface area contributed by atoms with Crippen molar-refractivity contribution in [3.63, 3.8) is 0 Å². The third-order valence-electron chi connectivity index (χ3n) is 5.71. The van der Waals surface area contributed by atoms with Gasteiger partial charge in [-0.1, -0.05) is 38.1 Å². The average molecular weight is 336 g/mol. The fourth-order valence-corrected chi connectivity index (χ4v) is 4.27. The van der Waals surface area contributed by atoms with Crippen LogP contribution in [0.1, 0.15) is 43.0 Å². The summed E-state index contributed by atoms with van der Waals surface area (Å²) in [5.74, 6) is 0. The van der Waals surface area contributed by atoms with Gasteiger partial charge in [0.05, 0.1) is 19.3 Å². The summed E-state index contributed by atoms with van der Waals surface area (Å²) in [4.78, 5) is 2.44. The summed E-state index contributed by atoms with van der Waals surface area (Å²) in [5, 5.41) is 3.80. The molecule has 1 N–H and O–H groups in total. The van der Waals surface area contributed by atoms with Gasteiger partial charge in [-0.05, 0) is 53.6 Å². The first-order chi connectivity index (χ1) is 12.0. The van der Waals surface area contributed by atoms with E-state index in [-0.39, 0.29) is 5.41 Å². The normalized spacial score (nSPS) is 22.2. The van der Waals surface area contributed by atoms with Crippen LogP contribution < -0.4 is 10.2 Å². The van der Waals surface area contributed by atoms with Crippen LogP contribution in [0.15, 0.2) is 42.5 Å². The third kappa shape index (κ3) is 3.13. The summed E-state index contributed by atoms with van der Waals surface area (Å²) < 4.78 is 5.50. The first kappa shape index (κ1) is 16.5. The Balaban J connectivity index is 1.68.